The van der Waals surface area contributed by atoms with Crippen molar-refractivity contribution in [2.45, 2.75) is 39.8 Å². The summed E-state index contributed by atoms with van der Waals surface area (Å²) in [5.74, 6) is 2.04. The van der Waals surface area contributed by atoms with Gasteiger partial charge in [-0.05, 0) is 18.4 Å². The molecular formula is C20H36IN5O2. The summed E-state index contributed by atoms with van der Waals surface area (Å²) < 4.78 is 11.2. The zero-order chi connectivity index (χ0) is 19.5. The molecule has 1 unspecified atom stereocenters. The Kier molecular flexibility index (Phi) is 12.4. The fourth-order valence-corrected chi connectivity index (χ4v) is 3.18. The van der Waals surface area contributed by atoms with Gasteiger partial charge in [-0.3, -0.25) is 9.89 Å². The van der Waals surface area contributed by atoms with Gasteiger partial charge in [0.2, 0.25) is 5.88 Å². The molecule has 2 N–H and O–H groups in total. The average molecular weight is 505 g/mol. The van der Waals surface area contributed by atoms with Crippen molar-refractivity contribution in [3.05, 3.63) is 23.9 Å². The minimum Gasteiger partial charge on any atom is -0.477 e. The molecule has 8 heteroatoms. The van der Waals surface area contributed by atoms with Crippen molar-refractivity contribution >= 4 is 29.9 Å². The Labute approximate surface area is 186 Å². The highest BCUT2D eigenvalue weighted by molar-refractivity contribution is 14.0. The quantitative estimate of drug-likeness (QED) is 0.306. The number of aromatic nitrogens is 1. The van der Waals surface area contributed by atoms with Crippen LogP contribution in [0.4, 0.5) is 0 Å². The van der Waals surface area contributed by atoms with Crippen molar-refractivity contribution in [3.63, 3.8) is 0 Å². The SMILES string of the molecule is CCCOc1ncccc1CNC(=NC)NCC(C(C)C)N1CCOCC1.I. The number of rotatable bonds is 9. The van der Waals surface area contributed by atoms with Crippen LogP contribution < -0.4 is 15.4 Å². The van der Waals surface area contributed by atoms with Crippen LogP contribution in [-0.4, -0.2) is 68.4 Å². The predicted octanol–water partition coefficient (Wildman–Crippen LogP) is 2.51. The van der Waals surface area contributed by atoms with Crippen molar-refractivity contribution < 1.29 is 9.47 Å². The first-order chi connectivity index (χ1) is 13.2. The molecule has 1 saturated heterocycles. The third-order valence-electron chi connectivity index (χ3n) is 4.73. The normalized spacial score (nSPS) is 16.4. The molecule has 1 atom stereocenters. The maximum atomic E-state index is 5.73. The summed E-state index contributed by atoms with van der Waals surface area (Å²) in [6.07, 6.45) is 2.72. The van der Waals surface area contributed by atoms with Gasteiger partial charge in [0, 0.05) is 51.0 Å². The summed E-state index contributed by atoms with van der Waals surface area (Å²) in [6.45, 7) is 12.4. The average Bonchev–Trinajstić information content (AvgIpc) is 2.70. The number of pyridine rings is 1. The first kappa shape index (κ1) is 24.9. The van der Waals surface area contributed by atoms with Gasteiger partial charge in [0.15, 0.2) is 5.96 Å². The van der Waals surface area contributed by atoms with Gasteiger partial charge in [0.05, 0.1) is 19.8 Å². The number of hydrogen-bond acceptors (Lipinski definition) is 5. The van der Waals surface area contributed by atoms with Crippen molar-refractivity contribution in [1.29, 1.82) is 0 Å². The van der Waals surface area contributed by atoms with E-state index in [2.05, 4.69) is 46.3 Å². The van der Waals surface area contributed by atoms with E-state index < -0.39 is 0 Å². The number of aliphatic imine (C=N–C) groups is 1. The molecule has 0 aliphatic carbocycles. The van der Waals surface area contributed by atoms with Crippen LogP contribution in [0.5, 0.6) is 5.88 Å². The number of nitrogens with zero attached hydrogens (tertiary/aromatic N) is 3. The summed E-state index contributed by atoms with van der Waals surface area (Å²) in [4.78, 5) is 11.2. The highest BCUT2D eigenvalue weighted by Crippen LogP contribution is 2.14. The zero-order valence-corrected chi connectivity index (χ0v) is 19.9. The van der Waals surface area contributed by atoms with Crippen LogP contribution in [0.1, 0.15) is 32.8 Å². The molecule has 1 aromatic heterocycles. The van der Waals surface area contributed by atoms with Crippen LogP contribution in [0.25, 0.3) is 0 Å². The smallest absolute Gasteiger partial charge is 0.218 e. The van der Waals surface area contributed by atoms with Gasteiger partial charge < -0.3 is 20.1 Å². The molecule has 0 spiro atoms. The molecule has 0 aromatic carbocycles. The van der Waals surface area contributed by atoms with Crippen molar-refractivity contribution in [2.24, 2.45) is 10.9 Å². The molecule has 1 fully saturated rings. The van der Waals surface area contributed by atoms with Gasteiger partial charge in [-0.25, -0.2) is 4.98 Å². The first-order valence-electron chi connectivity index (χ1n) is 9.98. The molecule has 28 heavy (non-hydrogen) atoms. The Morgan fingerprint density at radius 1 is 1.32 bits per heavy atom. The predicted molar refractivity (Wildman–Crippen MR) is 125 cm³/mol. The van der Waals surface area contributed by atoms with Crippen LogP contribution in [0.15, 0.2) is 23.3 Å². The third kappa shape index (κ3) is 8.08. The van der Waals surface area contributed by atoms with E-state index in [1.165, 1.54) is 0 Å². The summed E-state index contributed by atoms with van der Waals surface area (Å²) in [7, 11) is 1.80. The molecule has 0 bridgehead atoms. The minimum atomic E-state index is 0. The highest BCUT2D eigenvalue weighted by Gasteiger charge is 2.23. The fraction of sp³-hybridized carbons (Fsp3) is 0.700. The topological polar surface area (TPSA) is 71.0 Å². The third-order valence-corrected chi connectivity index (χ3v) is 4.73. The van der Waals surface area contributed by atoms with Crippen molar-refractivity contribution in [3.8, 4) is 5.88 Å². The molecule has 160 valence electrons. The lowest BCUT2D eigenvalue weighted by molar-refractivity contribution is 0.00752. The Bertz CT molecular complexity index is 579. The van der Waals surface area contributed by atoms with E-state index in [1.54, 1.807) is 13.2 Å². The molecule has 0 amide bonds. The second kappa shape index (κ2) is 13.9. The van der Waals surface area contributed by atoms with E-state index in [0.29, 0.717) is 31.0 Å². The van der Waals surface area contributed by atoms with E-state index in [0.717, 1.165) is 50.8 Å². The molecule has 0 saturated carbocycles. The molecule has 7 nitrogen and oxygen atoms in total. The molecule has 1 aliphatic heterocycles. The van der Waals surface area contributed by atoms with E-state index in [1.807, 2.05) is 12.1 Å². The van der Waals surface area contributed by atoms with Crippen molar-refractivity contribution in [1.82, 2.24) is 20.5 Å². The lowest BCUT2D eigenvalue weighted by Crippen LogP contribution is -2.52. The number of ether oxygens (including phenoxy) is 2. The van der Waals surface area contributed by atoms with Gasteiger partial charge in [-0.1, -0.05) is 26.8 Å². The van der Waals surface area contributed by atoms with Gasteiger partial charge in [-0.2, -0.15) is 0 Å². The second-order valence-electron chi connectivity index (χ2n) is 7.08. The maximum absolute atomic E-state index is 5.73. The Hall–Kier alpha value is -1.13. The Morgan fingerprint density at radius 2 is 2.07 bits per heavy atom. The number of guanidine groups is 1. The molecule has 1 aliphatic rings. The molecular weight excluding hydrogens is 469 g/mol. The second-order valence-corrected chi connectivity index (χ2v) is 7.08. The first-order valence-corrected chi connectivity index (χ1v) is 9.98. The molecule has 2 rings (SSSR count). The maximum Gasteiger partial charge on any atom is 0.218 e. The van der Waals surface area contributed by atoms with Gasteiger partial charge in [0.25, 0.3) is 0 Å². The van der Waals surface area contributed by atoms with Crippen molar-refractivity contribution in [2.75, 3.05) is 46.5 Å². The molecule has 2 heterocycles. The molecule has 0 radical (unpaired) electrons. The number of nitrogens with one attached hydrogen (secondary N) is 2. The monoisotopic (exact) mass is 505 g/mol. The van der Waals surface area contributed by atoms with Gasteiger partial charge in [0.1, 0.15) is 0 Å². The fourth-order valence-electron chi connectivity index (χ4n) is 3.18. The van der Waals surface area contributed by atoms with E-state index in [4.69, 9.17) is 9.47 Å². The standard InChI is InChI=1S/C20H35N5O2.HI/c1-5-11-27-19-17(7-6-8-22-19)14-23-20(21-4)24-15-18(16(2)3)25-9-12-26-13-10-25;/h6-8,16,18H,5,9-15H2,1-4H3,(H2,21,23,24);1H. The largest absolute Gasteiger partial charge is 0.477 e. The lowest BCUT2D eigenvalue weighted by Gasteiger charge is -2.37. The summed E-state index contributed by atoms with van der Waals surface area (Å²) >= 11 is 0. The minimum absolute atomic E-state index is 0. The van der Waals surface area contributed by atoms with Gasteiger partial charge >= 0.3 is 0 Å². The van der Waals surface area contributed by atoms with Crippen LogP contribution in [-0.2, 0) is 11.3 Å². The lowest BCUT2D eigenvalue weighted by atomic mass is 10.0. The molecule has 1 aromatic rings. The number of halogens is 1. The van der Waals surface area contributed by atoms with E-state index in [-0.39, 0.29) is 24.0 Å². The summed E-state index contributed by atoms with van der Waals surface area (Å²) in [5, 5.41) is 6.85. The van der Waals surface area contributed by atoms with E-state index in [9.17, 15) is 0 Å². The van der Waals surface area contributed by atoms with Crippen LogP contribution >= 0.6 is 24.0 Å². The van der Waals surface area contributed by atoms with E-state index >= 15 is 0 Å². The summed E-state index contributed by atoms with van der Waals surface area (Å²) in [5.41, 5.74) is 1.03. The summed E-state index contributed by atoms with van der Waals surface area (Å²) in [6, 6.07) is 4.41. The Morgan fingerprint density at radius 3 is 2.71 bits per heavy atom. The van der Waals surface area contributed by atoms with Crippen LogP contribution in [0.2, 0.25) is 0 Å². The number of hydrogen-bond donors (Lipinski definition) is 2. The van der Waals surface area contributed by atoms with Crippen LogP contribution in [0.3, 0.4) is 0 Å². The Balaban J connectivity index is 0.00000392. The number of morpholine rings is 1. The zero-order valence-electron chi connectivity index (χ0n) is 17.6. The van der Waals surface area contributed by atoms with Crippen LogP contribution in [0, 0.1) is 5.92 Å². The highest BCUT2D eigenvalue weighted by atomic mass is 127. The van der Waals surface area contributed by atoms with Gasteiger partial charge in [-0.15, -0.1) is 24.0 Å².